The molecule has 0 aliphatic carbocycles. The van der Waals surface area contributed by atoms with Crippen LogP contribution in [0.1, 0.15) is 11.1 Å². The van der Waals surface area contributed by atoms with Crippen LogP contribution in [0.25, 0.3) is 0 Å². The highest BCUT2D eigenvalue weighted by Gasteiger charge is 2.10. The van der Waals surface area contributed by atoms with Gasteiger partial charge in [-0.25, -0.2) is 0 Å². The minimum Gasteiger partial charge on any atom is -0.504 e. The Bertz CT molecular complexity index is 506. The first-order valence-electron chi connectivity index (χ1n) is 5.45. The Kier molecular flexibility index (Phi) is 3.19. The SMILES string of the molecule is Oc1ccc(CCc2ccccc2)c(O)c1O. The average molecular weight is 230 g/mol. The van der Waals surface area contributed by atoms with Crippen LogP contribution in [-0.2, 0) is 12.8 Å². The molecule has 0 amide bonds. The summed E-state index contributed by atoms with van der Waals surface area (Å²) in [7, 11) is 0. The molecule has 0 aromatic heterocycles. The smallest absolute Gasteiger partial charge is 0.200 e. The molecular weight excluding hydrogens is 216 g/mol. The number of benzene rings is 2. The van der Waals surface area contributed by atoms with Crippen LogP contribution in [0.3, 0.4) is 0 Å². The Hall–Kier alpha value is -2.16. The van der Waals surface area contributed by atoms with E-state index in [0.717, 1.165) is 6.42 Å². The van der Waals surface area contributed by atoms with E-state index in [2.05, 4.69) is 0 Å². The fourth-order valence-electron chi connectivity index (χ4n) is 1.74. The summed E-state index contributed by atoms with van der Waals surface area (Å²) in [6.45, 7) is 0. The van der Waals surface area contributed by atoms with Crippen molar-refractivity contribution in [3.05, 3.63) is 53.6 Å². The van der Waals surface area contributed by atoms with Gasteiger partial charge in [0.1, 0.15) is 0 Å². The number of aryl methyl sites for hydroxylation is 2. The van der Waals surface area contributed by atoms with Crippen molar-refractivity contribution in [2.75, 3.05) is 0 Å². The molecule has 2 rings (SSSR count). The lowest BCUT2D eigenvalue weighted by molar-refractivity contribution is 0.365. The predicted molar refractivity (Wildman–Crippen MR) is 65.3 cm³/mol. The van der Waals surface area contributed by atoms with E-state index in [1.165, 1.54) is 11.6 Å². The molecule has 88 valence electrons. The van der Waals surface area contributed by atoms with Crippen LogP contribution < -0.4 is 0 Å². The molecule has 0 aliphatic rings. The van der Waals surface area contributed by atoms with Gasteiger partial charge in [0.2, 0.25) is 5.75 Å². The van der Waals surface area contributed by atoms with Gasteiger partial charge in [-0.05, 0) is 30.0 Å². The first kappa shape index (κ1) is 11.3. The van der Waals surface area contributed by atoms with Crippen molar-refractivity contribution < 1.29 is 15.3 Å². The number of phenolic OH excluding ortho intramolecular Hbond substituents is 3. The number of hydrogen-bond donors (Lipinski definition) is 3. The zero-order valence-corrected chi connectivity index (χ0v) is 9.30. The number of hydrogen-bond acceptors (Lipinski definition) is 3. The summed E-state index contributed by atoms with van der Waals surface area (Å²) >= 11 is 0. The highest BCUT2D eigenvalue weighted by Crippen LogP contribution is 2.37. The first-order chi connectivity index (χ1) is 8.18. The Morgan fingerprint density at radius 3 is 2.12 bits per heavy atom. The van der Waals surface area contributed by atoms with Crippen LogP contribution in [0.4, 0.5) is 0 Å². The molecular formula is C14H14O3. The molecule has 0 atom stereocenters. The molecule has 2 aromatic rings. The topological polar surface area (TPSA) is 60.7 Å². The van der Waals surface area contributed by atoms with Crippen molar-refractivity contribution in [1.82, 2.24) is 0 Å². The molecule has 0 saturated heterocycles. The van der Waals surface area contributed by atoms with Gasteiger partial charge in [-0.3, -0.25) is 0 Å². The van der Waals surface area contributed by atoms with Gasteiger partial charge in [-0.2, -0.15) is 0 Å². The summed E-state index contributed by atoms with van der Waals surface area (Å²) < 4.78 is 0. The molecule has 0 saturated carbocycles. The second kappa shape index (κ2) is 4.78. The minimum atomic E-state index is -0.449. The summed E-state index contributed by atoms with van der Waals surface area (Å²) in [5, 5.41) is 28.2. The van der Waals surface area contributed by atoms with Crippen LogP contribution >= 0.6 is 0 Å². The normalized spacial score (nSPS) is 10.4. The third-order valence-electron chi connectivity index (χ3n) is 2.74. The van der Waals surface area contributed by atoms with Crippen molar-refractivity contribution in [1.29, 1.82) is 0 Å². The van der Waals surface area contributed by atoms with Crippen molar-refractivity contribution in [3.63, 3.8) is 0 Å². The summed E-state index contributed by atoms with van der Waals surface area (Å²) in [6, 6.07) is 12.9. The number of rotatable bonds is 3. The van der Waals surface area contributed by atoms with Gasteiger partial charge in [0.25, 0.3) is 0 Å². The highest BCUT2D eigenvalue weighted by molar-refractivity contribution is 5.53. The van der Waals surface area contributed by atoms with E-state index in [0.29, 0.717) is 12.0 Å². The van der Waals surface area contributed by atoms with Gasteiger partial charge in [-0.1, -0.05) is 36.4 Å². The second-order valence-corrected chi connectivity index (χ2v) is 3.93. The Labute approximate surface area is 99.6 Å². The lowest BCUT2D eigenvalue weighted by Crippen LogP contribution is -1.91. The van der Waals surface area contributed by atoms with E-state index >= 15 is 0 Å². The molecule has 0 aliphatic heterocycles. The summed E-state index contributed by atoms with van der Waals surface area (Å²) in [6.07, 6.45) is 1.39. The van der Waals surface area contributed by atoms with E-state index < -0.39 is 5.75 Å². The average Bonchev–Trinajstić information content (AvgIpc) is 2.36. The van der Waals surface area contributed by atoms with Gasteiger partial charge in [0, 0.05) is 0 Å². The van der Waals surface area contributed by atoms with Gasteiger partial charge >= 0.3 is 0 Å². The van der Waals surface area contributed by atoms with Crippen LogP contribution in [0, 0.1) is 0 Å². The maximum absolute atomic E-state index is 9.65. The summed E-state index contributed by atoms with van der Waals surface area (Å²) in [4.78, 5) is 0. The monoisotopic (exact) mass is 230 g/mol. The molecule has 0 heterocycles. The molecule has 0 radical (unpaired) electrons. The molecule has 3 N–H and O–H groups in total. The molecule has 3 nitrogen and oxygen atoms in total. The highest BCUT2D eigenvalue weighted by atomic mass is 16.3. The van der Waals surface area contributed by atoms with Gasteiger partial charge in [0.15, 0.2) is 11.5 Å². The predicted octanol–water partition coefficient (Wildman–Crippen LogP) is 2.59. The zero-order chi connectivity index (χ0) is 12.3. The second-order valence-electron chi connectivity index (χ2n) is 3.93. The van der Waals surface area contributed by atoms with E-state index in [1.54, 1.807) is 6.07 Å². The van der Waals surface area contributed by atoms with Crippen molar-refractivity contribution >= 4 is 0 Å². The van der Waals surface area contributed by atoms with Crippen LogP contribution in [0.15, 0.2) is 42.5 Å². The lowest BCUT2D eigenvalue weighted by atomic mass is 10.0. The zero-order valence-electron chi connectivity index (χ0n) is 9.30. The molecule has 0 unspecified atom stereocenters. The molecule has 0 spiro atoms. The van der Waals surface area contributed by atoms with E-state index in [-0.39, 0.29) is 11.5 Å². The number of aromatic hydroxyl groups is 3. The molecule has 0 bridgehead atoms. The van der Waals surface area contributed by atoms with E-state index in [1.807, 2.05) is 30.3 Å². The lowest BCUT2D eigenvalue weighted by Gasteiger charge is -2.07. The third-order valence-corrected chi connectivity index (χ3v) is 2.74. The van der Waals surface area contributed by atoms with Crippen LogP contribution in [0.5, 0.6) is 17.2 Å². The van der Waals surface area contributed by atoms with Crippen molar-refractivity contribution in [2.24, 2.45) is 0 Å². The third kappa shape index (κ3) is 2.50. The van der Waals surface area contributed by atoms with E-state index in [9.17, 15) is 15.3 Å². The first-order valence-corrected chi connectivity index (χ1v) is 5.45. The van der Waals surface area contributed by atoms with Crippen LogP contribution in [-0.4, -0.2) is 15.3 Å². The van der Waals surface area contributed by atoms with Gasteiger partial charge < -0.3 is 15.3 Å². The largest absolute Gasteiger partial charge is 0.504 e. The molecule has 2 aromatic carbocycles. The van der Waals surface area contributed by atoms with Crippen molar-refractivity contribution in [3.8, 4) is 17.2 Å². The Morgan fingerprint density at radius 2 is 1.41 bits per heavy atom. The quantitative estimate of drug-likeness (QED) is 0.710. The maximum Gasteiger partial charge on any atom is 0.200 e. The number of phenols is 3. The fraction of sp³-hybridized carbons (Fsp3) is 0.143. The summed E-state index contributed by atoms with van der Waals surface area (Å²) in [5.74, 6) is -0.984. The van der Waals surface area contributed by atoms with Gasteiger partial charge in [0.05, 0.1) is 0 Å². The standard InChI is InChI=1S/C14H14O3/c15-12-9-8-11(13(16)14(12)17)7-6-10-4-2-1-3-5-10/h1-5,8-9,15-17H,6-7H2. The maximum atomic E-state index is 9.65. The fourth-order valence-corrected chi connectivity index (χ4v) is 1.74. The Morgan fingerprint density at radius 1 is 0.706 bits per heavy atom. The Balaban J connectivity index is 2.13. The van der Waals surface area contributed by atoms with Gasteiger partial charge in [-0.15, -0.1) is 0 Å². The van der Waals surface area contributed by atoms with Crippen molar-refractivity contribution in [2.45, 2.75) is 12.8 Å². The summed E-state index contributed by atoms with van der Waals surface area (Å²) in [5.41, 5.74) is 1.80. The molecule has 3 heteroatoms. The minimum absolute atomic E-state index is 0.235. The van der Waals surface area contributed by atoms with E-state index in [4.69, 9.17) is 0 Å². The van der Waals surface area contributed by atoms with Crippen LogP contribution in [0.2, 0.25) is 0 Å². The molecule has 17 heavy (non-hydrogen) atoms. The molecule has 0 fully saturated rings.